The minimum Gasteiger partial charge on any atom is -0.346 e. The number of amides is 2. The molecule has 2 aliphatic heterocycles. The summed E-state index contributed by atoms with van der Waals surface area (Å²) >= 11 is 0. The molecule has 2 fully saturated rings. The molecule has 2 rings (SSSR count). The highest BCUT2D eigenvalue weighted by molar-refractivity contribution is 5.87. The molecule has 0 spiro atoms. The molecule has 5 heteroatoms. The molecule has 2 aliphatic rings. The topological polar surface area (TPSA) is 52.7 Å². The van der Waals surface area contributed by atoms with E-state index in [-0.39, 0.29) is 17.7 Å². The summed E-state index contributed by atoms with van der Waals surface area (Å²) in [4.78, 5) is 27.5. The van der Waals surface area contributed by atoms with Gasteiger partial charge in [-0.15, -0.1) is 0 Å². The molecule has 17 heavy (non-hydrogen) atoms. The molecule has 0 aromatic rings. The molecular formula is C12H21N3O2. The van der Waals surface area contributed by atoms with Gasteiger partial charge in [0.15, 0.2) is 0 Å². The first-order valence-electron chi connectivity index (χ1n) is 6.34. The van der Waals surface area contributed by atoms with Crippen LogP contribution in [-0.4, -0.2) is 60.9 Å². The third-order valence-corrected chi connectivity index (χ3v) is 3.69. The number of rotatable bonds is 1. The van der Waals surface area contributed by atoms with Crippen molar-refractivity contribution < 1.29 is 9.59 Å². The lowest BCUT2D eigenvalue weighted by atomic mass is 9.94. The summed E-state index contributed by atoms with van der Waals surface area (Å²) in [5, 5.41) is 3.32. The predicted molar refractivity (Wildman–Crippen MR) is 64.4 cm³/mol. The third kappa shape index (κ3) is 2.77. The zero-order valence-corrected chi connectivity index (χ0v) is 10.6. The Bertz CT molecular complexity index is 319. The van der Waals surface area contributed by atoms with Crippen LogP contribution in [0.15, 0.2) is 0 Å². The van der Waals surface area contributed by atoms with Gasteiger partial charge in [0.05, 0.1) is 0 Å². The van der Waals surface area contributed by atoms with Gasteiger partial charge in [-0.3, -0.25) is 9.59 Å². The van der Waals surface area contributed by atoms with E-state index in [4.69, 9.17) is 0 Å². The molecule has 2 saturated heterocycles. The minimum absolute atomic E-state index is 0.0935. The van der Waals surface area contributed by atoms with Gasteiger partial charge in [0, 0.05) is 51.6 Å². The fourth-order valence-electron chi connectivity index (χ4n) is 2.54. The van der Waals surface area contributed by atoms with Crippen molar-refractivity contribution in [3.05, 3.63) is 0 Å². The zero-order chi connectivity index (χ0) is 12.4. The Morgan fingerprint density at radius 3 is 2.82 bits per heavy atom. The maximum absolute atomic E-state index is 12.3. The fraction of sp³-hybridized carbons (Fsp3) is 0.833. The van der Waals surface area contributed by atoms with Gasteiger partial charge in [0.25, 0.3) is 0 Å². The average molecular weight is 239 g/mol. The van der Waals surface area contributed by atoms with Gasteiger partial charge >= 0.3 is 0 Å². The van der Waals surface area contributed by atoms with E-state index >= 15 is 0 Å². The van der Waals surface area contributed by atoms with Crippen LogP contribution in [0.1, 0.15) is 19.8 Å². The van der Waals surface area contributed by atoms with Crippen molar-refractivity contribution in [1.82, 2.24) is 15.1 Å². The standard InChI is InChI=1S/C12H21N3O2/c1-9-8-15(6-4-13-9)12(17)10-3-5-14(2)11(16)7-10/h9-10,13H,3-8H2,1-2H3/t9-,10+/m1/s1. The van der Waals surface area contributed by atoms with Crippen LogP contribution in [-0.2, 0) is 9.59 Å². The number of likely N-dealkylation sites (tertiary alicyclic amines) is 1. The molecule has 0 aliphatic carbocycles. The summed E-state index contributed by atoms with van der Waals surface area (Å²) in [6.45, 7) is 5.17. The second-order valence-corrected chi connectivity index (χ2v) is 5.14. The number of nitrogens with one attached hydrogen (secondary N) is 1. The van der Waals surface area contributed by atoms with E-state index in [1.165, 1.54) is 0 Å². The lowest BCUT2D eigenvalue weighted by molar-refractivity contribution is -0.145. The van der Waals surface area contributed by atoms with Gasteiger partial charge in [-0.25, -0.2) is 0 Å². The molecule has 2 amide bonds. The molecular weight excluding hydrogens is 218 g/mol. The Labute approximate surface area is 102 Å². The molecule has 0 radical (unpaired) electrons. The monoisotopic (exact) mass is 239 g/mol. The molecule has 0 aromatic carbocycles. The number of piperazine rings is 1. The van der Waals surface area contributed by atoms with Gasteiger partial charge in [0.2, 0.25) is 11.8 Å². The molecule has 0 unspecified atom stereocenters. The number of carbonyl (C=O) groups is 2. The number of nitrogens with zero attached hydrogens (tertiary/aromatic N) is 2. The smallest absolute Gasteiger partial charge is 0.226 e. The lowest BCUT2D eigenvalue weighted by Crippen LogP contribution is -2.54. The first-order chi connectivity index (χ1) is 8.08. The average Bonchev–Trinajstić information content (AvgIpc) is 2.32. The quantitative estimate of drug-likeness (QED) is 0.682. The second-order valence-electron chi connectivity index (χ2n) is 5.14. The van der Waals surface area contributed by atoms with E-state index in [1.54, 1.807) is 11.9 Å². The maximum Gasteiger partial charge on any atom is 0.226 e. The lowest BCUT2D eigenvalue weighted by Gasteiger charge is -2.36. The molecule has 2 heterocycles. The predicted octanol–water partition coefficient (Wildman–Crippen LogP) is -0.325. The van der Waals surface area contributed by atoms with Crippen molar-refractivity contribution in [3.63, 3.8) is 0 Å². The van der Waals surface area contributed by atoms with E-state index in [1.807, 2.05) is 4.90 Å². The summed E-state index contributed by atoms with van der Waals surface area (Å²) in [6, 6.07) is 0.356. The van der Waals surface area contributed by atoms with Crippen molar-refractivity contribution in [2.45, 2.75) is 25.8 Å². The molecule has 0 bridgehead atoms. The van der Waals surface area contributed by atoms with Gasteiger partial charge < -0.3 is 15.1 Å². The largest absolute Gasteiger partial charge is 0.346 e. The first-order valence-corrected chi connectivity index (χ1v) is 6.34. The van der Waals surface area contributed by atoms with Crippen LogP contribution in [0.3, 0.4) is 0 Å². The van der Waals surface area contributed by atoms with Gasteiger partial charge in [-0.05, 0) is 13.3 Å². The second kappa shape index (κ2) is 5.04. The number of hydrogen-bond donors (Lipinski definition) is 1. The summed E-state index contributed by atoms with van der Waals surface area (Å²) in [5.41, 5.74) is 0. The van der Waals surface area contributed by atoms with E-state index in [0.29, 0.717) is 19.0 Å². The van der Waals surface area contributed by atoms with E-state index in [0.717, 1.165) is 26.1 Å². The van der Waals surface area contributed by atoms with Crippen molar-refractivity contribution in [2.75, 3.05) is 33.2 Å². The summed E-state index contributed by atoms with van der Waals surface area (Å²) < 4.78 is 0. The van der Waals surface area contributed by atoms with Crippen LogP contribution in [0.25, 0.3) is 0 Å². The number of hydrogen-bond acceptors (Lipinski definition) is 3. The van der Waals surface area contributed by atoms with Crippen LogP contribution in [0.4, 0.5) is 0 Å². The molecule has 2 atom stereocenters. The molecule has 0 saturated carbocycles. The molecule has 0 aromatic heterocycles. The van der Waals surface area contributed by atoms with Crippen LogP contribution < -0.4 is 5.32 Å². The normalized spacial score (nSPS) is 30.6. The van der Waals surface area contributed by atoms with Gasteiger partial charge in [-0.1, -0.05) is 0 Å². The first kappa shape index (κ1) is 12.4. The summed E-state index contributed by atoms with van der Waals surface area (Å²) in [7, 11) is 1.80. The van der Waals surface area contributed by atoms with E-state index < -0.39 is 0 Å². The highest BCUT2D eigenvalue weighted by Crippen LogP contribution is 2.20. The SMILES string of the molecule is C[C@@H]1CN(C(=O)[C@H]2CCN(C)C(=O)C2)CCN1. The molecule has 1 N–H and O–H groups in total. The van der Waals surface area contributed by atoms with Gasteiger partial charge in [0.1, 0.15) is 0 Å². The third-order valence-electron chi connectivity index (χ3n) is 3.69. The Balaban J connectivity index is 1.93. The van der Waals surface area contributed by atoms with Crippen LogP contribution >= 0.6 is 0 Å². The van der Waals surface area contributed by atoms with Crippen LogP contribution in [0, 0.1) is 5.92 Å². The molecule has 5 nitrogen and oxygen atoms in total. The van der Waals surface area contributed by atoms with Crippen molar-refractivity contribution in [1.29, 1.82) is 0 Å². The van der Waals surface area contributed by atoms with Crippen molar-refractivity contribution in [2.24, 2.45) is 5.92 Å². The van der Waals surface area contributed by atoms with Crippen molar-refractivity contribution >= 4 is 11.8 Å². The van der Waals surface area contributed by atoms with E-state index in [2.05, 4.69) is 12.2 Å². The zero-order valence-electron chi connectivity index (χ0n) is 10.6. The van der Waals surface area contributed by atoms with Crippen molar-refractivity contribution in [3.8, 4) is 0 Å². The Morgan fingerprint density at radius 2 is 2.18 bits per heavy atom. The molecule has 96 valence electrons. The maximum atomic E-state index is 12.3. The van der Waals surface area contributed by atoms with Crippen LogP contribution in [0.5, 0.6) is 0 Å². The highest BCUT2D eigenvalue weighted by Gasteiger charge is 2.32. The minimum atomic E-state index is -0.0935. The number of carbonyl (C=O) groups excluding carboxylic acids is 2. The van der Waals surface area contributed by atoms with E-state index in [9.17, 15) is 9.59 Å². The summed E-state index contributed by atoms with van der Waals surface area (Å²) in [5.74, 6) is 0.168. The Morgan fingerprint density at radius 1 is 1.41 bits per heavy atom. The highest BCUT2D eigenvalue weighted by atomic mass is 16.2. The number of piperidine rings is 1. The fourth-order valence-corrected chi connectivity index (χ4v) is 2.54. The van der Waals surface area contributed by atoms with Crippen LogP contribution in [0.2, 0.25) is 0 Å². The Hall–Kier alpha value is -1.10. The summed E-state index contributed by atoms with van der Waals surface area (Å²) in [6.07, 6.45) is 1.19. The van der Waals surface area contributed by atoms with Gasteiger partial charge in [-0.2, -0.15) is 0 Å². The Kier molecular flexibility index (Phi) is 3.66.